The number of benzene rings is 1. The summed E-state index contributed by atoms with van der Waals surface area (Å²) < 4.78 is 13.2. The Kier molecular flexibility index (Phi) is 6.06. The van der Waals surface area contributed by atoms with Gasteiger partial charge < -0.3 is 10.2 Å². The number of halogens is 2. The highest BCUT2D eigenvalue weighted by atomic mass is 127. The smallest absolute Gasteiger partial charge is 0.193 e. The normalized spacial score (nSPS) is 20.3. The Morgan fingerprint density at radius 2 is 1.86 bits per heavy atom. The molecule has 1 aliphatic carbocycles. The van der Waals surface area contributed by atoms with Crippen LogP contribution in [0.5, 0.6) is 0 Å². The van der Waals surface area contributed by atoms with Crippen LogP contribution in [0.4, 0.5) is 4.39 Å². The summed E-state index contributed by atoms with van der Waals surface area (Å²) in [6, 6.07) is 7.10. The van der Waals surface area contributed by atoms with Crippen molar-refractivity contribution in [2.75, 3.05) is 26.7 Å². The van der Waals surface area contributed by atoms with Gasteiger partial charge in [0.1, 0.15) is 5.82 Å². The van der Waals surface area contributed by atoms with E-state index in [9.17, 15) is 4.39 Å². The van der Waals surface area contributed by atoms with Gasteiger partial charge in [0.25, 0.3) is 0 Å². The first kappa shape index (κ1) is 17.5. The lowest BCUT2D eigenvalue weighted by Crippen LogP contribution is -2.45. The van der Waals surface area contributed by atoms with Crippen LogP contribution >= 0.6 is 24.0 Å². The second kappa shape index (κ2) is 7.62. The molecule has 1 aromatic carbocycles. The number of rotatable bonds is 3. The Bertz CT molecular complexity index is 509. The van der Waals surface area contributed by atoms with Crippen molar-refractivity contribution in [3.8, 4) is 0 Å². The van der Waals surface area contributed by atoms with Crippen LogP contribution in [-0.2, 0) is 5.41 Å². The van der Waals surface area contributed by atoms with Crippen LogP contribution < -0.4 is 5.32 Å². The first-order chi connectivity index (χ1) is 10.2. The molecule has 3 rings (SSSR count). The Morgan fingerprint density at radius 3 is 2.45 bits per heavy atom. The van der Waals surface area contributed by atoms with E-state index >= 15 is 0 Å². The number of nitrogens with one attached hydrogen (secondary N) is 1. The van der Waals surface area contributed by atoms with Crippen LogP contribution in [-0.4, -0.2) is 37.5 Å². The van der Waals surface area contributed by atoms with Crippen LogP contribution in [0.3, 0.4) is 0 Å². The first-order valence-corrected chi connectivity index (χ1v) is 7.95. The largest absolute Gasteiger partial charge is 0.355 e. The van der Waals surface area contributed by atoms with Gasteiger partial charge in [0, 0.05) is 25.6 Å². The first-order valence-electron chi connectivity index (χ1n) is 7.95. The molecule has 0 aromatic heterocycles. The van der Waals surface area contributed by atoms with Crippen LogP contribution in [0, 0.1) is 5.82 Å². The Labute approximate surface area is 149 Å². The van der Waals surface area contributed by atoms with Crippen molar-refractivity contribution >= 4 is 29.9 Å². The van der Waals surface area contributed by atoms with Crippen molar-refractivity contribution < 1.29 is 4.39 Å². The quantitative estimate of drug-likeness (QED) is 0.763. The fourth-order valence-corrected chi connectivity index (χ4v) is 3.57. The van der Waals surface area contributed by atoms with Gasteiger partial charge in [-0.2, -0.15) is 0 Å². The van der Waals surface area contributed by atoms with Crippen molar-refractivity contribution in [3.05, 3.63) is 35.6 Å². The molecule has 1 fully saturated rings. The third-order valence-corrected chi connectivity index (χ3v) is 4.91. The number of hydrogen-bond acceptors (Lipinski definition) is 3. The molecule has 5 heteroatoms. The van der Waals surface area contributed by atoms with Crippen LogP contribution in [0.2, 0.25) is 0 Å². The summed E-state index contributed by atoms with van der Waals surface area (Å²) >= 11 is 0. The van der Waals surface area contributed by atoms with Crippen molar-refractivity contribution in [1.82, 2.24) is 10.2 Å². The lowest BCUT2D eigenvalue weighted by atomic mass is 9.69. The molecule has 122 valence electrons. The third-order valence-electron chi connectivity index (χ3n) is 4.91. The van der Waals surface area contributed by atoms with Gasteiger partial charge in [-0.05, 0) is 30.5 Å². The summed E-state index contributed by atoms with van der Waals surface area (Å²) in [6.45, 7) is 2.76. The van der Waals surface area contributed by atoms with E-state index in [0.29, 0.717) is 0 Å². The van der Waals surface area contributed by atoms with Crippen molar-refractivity contribution in [1.29, 1.82) is 0 Å². The van der Waals surface area contributed by atoms with Gasteiger partial charge >= 0.3 is 0 Å². The maximum Gasteiger partial charge on any atom is 0.193 e. The molecule has 0 amide bonds. The topological polar surface area (TPSA) is 27.6 Å². The zero-order valence-corrected chi connectivity index (χ0v) is 15.5. The predicted octanol–water partition coefficient (Wildman–Crippen LogP) is 3.54. The average Bonchev–Trinajstić information content (AvgIpc) is 2.92. The van der Waals surface area contributed by atoms with Crippen molar-refractivity contribution in [2.24, 2.45) is 4.99 Å². The Balaban J connectivity index is 0.00000176. The summed E-state index contributed by atoms with van der Waals surface area (Å²) in [6.07, 6.45) is 6.15. The van der Waals surface area contributed by atoms with E-state index in [1.54, 1.807) is 12.1 Å². The molecule has 1 aromatic rings. The molecule has 2 aliphatic rings. The van der Waals surface area contributed by atoms with Gasteiger partial charge in [-0.15, -0.1) is 24.0 Å². The zero-order chi connectivity index (χ0) is 14.7. The summed E-state index contributed by atoms with van der Waals surface area (Å²) in [7, 11) is 2.07. The van der Waals surface area contributed by atoms with E-state index in [-0.39, 0.29) is 35.2 Å². The molecule has 0 unspecified atom stereocenters. The van der Waals surface area contributed by atoms with Crippen LogP contribution in [0.1, 0.15) is 37.7 Å². The minimum Gasteiger partial charge on any atom is -0.355 e. The molecule has 0 atom stereocenters. The SMILES string of the molecule is CN1CCN=C1NCC1(c2ccc(F)cc2)CCCCC1.I. The number of hydrogen-bond donors (Lipinski definition) is 1. The standard InChI is InChI=1S/C17H24FN3.HI/c1-21-12-11-19-16(21)20-13-17(9-3-2-4-10-17)14-5-7-15(18)8-6-14;/h5-8H,2-4,9-13H2,1H3,(H,19,20);1H. The molecule has 0 saturated heterocycles. The highest BCUT2D eigenvalue weighted by molar-refractivity contribution is 14.0. The minimum absolute atomic E-state index is 0. The molecule has 1 saturated carbocycles. The molecule has 3 nitrogen and oxygen atoms in total. The van der Waals surface area contributed by atoms with E-state index in [1.165, 1.54) is 37.7 Å². The maximum absolute atomic E-state index is 13.2. The van der Waals surface area contributed by atoms with Gasteiger partial charge in [-0.3, -0.25) is 4.99 Å². The number of nitrogens with zero attached hydrogens (tertiary/aromatic N) is 2. The fourth-order valence-electron chi connectivity index (χ4n) is 3.57. The summed E-state index contributed by atoms with van der Waals surface area (Å²) in [5, 5.41) is 3.54. The van der Waals surface area contributed by atoms with Crippen molar-refractivity contribution in [3.63, 3.8) is 0 Å². The predicted molar refractivity (Wildman–Crippen MR) is 99.5 cm³/mol. The molecule has 1 N–H and O–H groups in total. The van der Waals surface area contributed by atoms with Gasteiger partial charge in [0.05, 0.1) is 6.54 Å². The molecule has 1 heterocycles. The monoisotopic (exact) mass is 417 g/mol. The van der Waals surface area contributed by atoms with Gasteiger partial charge in [0.2, 0.25) is 0 Å². The molecule has 0 spiro atoms. The van der Waals surface area contributed by atoms with E-state index in [0.717, 1.165) is 25.6 Å². The molecule has 0 radical (unpaired) electrons. The van der Waals surface area contributed by atoms with E-state index in [1.807, 2.05) is 12.1 Å². The Morgan fingerprint density at radius 1 is 1.18 bits per heavy atom. The second-order valence-electron chi connectivity index (χ2n) is 6.33. The molecular weight excluding hydrogens is 392 g/mol. The summed E-state index contributed by atoms with van der Waals surface area (Å²) in [4.78, 5) is 6.68. The zero-order valence-electron chi connectivity index (χ0n) is 13.1. The lowest BCUT2D eigenvalue weighted by molar-refractivity contribution is 0.289. The molecule has 22 heavy (non-hydrogen) atoms. The highest BCUT2D eigenvalue weighted by Crippen LogP contribution is 2.39. The van der Waals surface area contributed by atoms with Gasteiger partial charge in [-0.1, -0.05) is 31.4 Å². The van der Waals surface area contributed by atoms with E-state index in [4.69, 9.17) is 0 Å². The molecule has 1 aliphatic heterocycles. The number of likely N-dealkylation sites (N-methyl/N-ethyl adjacent to an activating group) is 1. The fraction of sp³-hybridized carbons (Fsp3) is 0.588. The average molecular weight is 417 g/mol. The molecular formula is C17H25FIN3. The number of guanidine groups is 1. The van der Waals surface area contributed by atoms with Crippen molar-refractivity contribution in [2.45, 2.75) is 37.5 Å². The van der Waals surface area contributed by atoms with Crippen LogP contribution in [0.25, 0.3) is 0 Å². The van der Waals surface area contributed by atoms with Gasteiger partial charge in [-0.25, -0.2) is 4.39 Å². The van der Waals surface area contributed by atoms with E-state index in [2.05, 4.69) is 22.3 Å². The maximum atomic E-state index is 13.2. The number of aliphatic imine (C=N–C) groups is 1. The molecule has 0 bridgehead atoms. The summed E-state index contributed by atoms with van der Waals surface area (Å²) in [5.74, 6) is 0.847. The highest BCUT2D eigenvalue weighted by Gasteiger charge is 2.34. The third kappa shape index (κ3) is 3.73. The summed E-state index contributed by atoms with van der Waals surface area (Å²) in [5.41, 5.74) is 1.38. The minimum atomic E-state index is -0.155. The van der Waals surface area contributed by atoms with E-state index < -0.39 is 0 Å². The Hall–Kier alpha value is -0.850. The van der Waals surface area contributed by atoms with Gasteiger partial charge in [0.15, 0.2) is 5.96 Å². The lowest BCUT2D eigenvalue weighted by Gasteiger charge is -2.38. The van der Waals surface area contributed by atoms with Crippen LogP contribution in [0.15, 0.2) is 29.3 Å². The second-order valence-corrected chi connectivity index (χ2v) is 6.33.